The van der Waals surface area contributed by atoms with Gasteiger partial charge in [0.15, 0.2) is 0 Å². The van der Waals surface area contributed by atoms with Crippen LogP contribution in [0.1, 0.15) is 5.82 Å². The second kappa shape index (κ2) is 2.42. The minimum Gasteiger partial charge on any atom is -0.396 e. The molecule has 0 bridgehead atoms. The van der Waals surface area contributed by atoms with E-state index in [-0.39, 0.29) is 6.61 Å². The maximum atomic E-state index is 8.35. The van der Waals surface area contributed by atoms with Crippen molar-refractivity contribution >= 4 is 0 Å². The lowest BCUT2D eigenvalue weighted by molar-refractivity contribution is 0.297. The number of nitrogens with one attached hydrogen (secondary N) is 1. The number of rotatable bonds is 2. The summed E-state index contributed by atoms with van der Waals surface area (Å²) in [7, 11) is 0. The SMILES string of the molecule is OCCc1ncn[nH]1. The summed E-state index contributed by atoms with van der Waals surface area (Å²) in [4.78, 5) is 3.78. The van der Waals surface area contributed by atoms with Crippen LogP contribution in [0, 0.1) is 0 Å². The van der Waals surface area contributed by atoms with Gasteiger partial charge in [-0.2, -0.15) is 5.10 Å². The molecular formula is C4H7N3O. The molecule has 4 heteroatoms. The average Bonchev–Trinajstić information content (AvgIpc) is 2.19. The fourth-order valence-electron chi connectivity index (χ4n) is 0.457. The van der Waals surface area contributed by atoms with E-state index < -0.39 is 0 Å². The Morgan fingerprint density at radius 2 is 2.62 bits per heavy atom. The Morgan fingerprint density at radius 1 is 1.75 bits per heavy atom. The zero-order valence-corrected chi connectivity index (χ0v) is 4.33. The van der Waals surface area contributed by atoms with Gasteiger partial charge in [-0.3, -0.25) is 5.10 Å². The van der Waals surface area contributed by atoms with Gasteiger partial charge in [-0.1, -0.05) is 0 Å². The molecule has 8 heavy (non-hydrogen) atoms. The van der Waals surface area contributed by atoms with Crippen LogP contribution in [-0.4, -0.2) is 26.9 Å². The summed E-state index contributed by atoms with van der Waals surface area (Å²) in [5, 5.41) is 14.6. The standard InChI is InChI=1S/C4H7N3O/c8-2-1-4-5-3-6-7-4/h3,8H,1-2H2,(H,5,6,7). The molecule has 0 amide bonds. The molecule has 4 nitrogen and oxygen atoms in total. The van der Waals surface area contributed by atoms with E-state index in [1.54, 1.807) is 0 Å². The van der Waals surface area contributed by atoms with E-state index in [9.17, 15) is 0 Å². The summed E-state index contributed by atoms with van der Waals surface area (Å²) in [5.74, 6) is 0.729. The molecule has 0 aliphatic carbocycles. The van der Waals surface area contributed by atoms with Crippen LogP contribution in [0.4, 0.5) is 0 Å². The van der Waals surface area contributed by atoms with Crippen molar-refractivity contribution in [3.05, 3.63) is 12.2 Å². The number of H-pyrrole nitrogens is 1. The Kier molecular flexibility index (Phi) is 1.58. The third kappa shape index (κ3) is 1.04. The molecule has 0 spiro atoms. The van der Waals surface area contributed by atoms with Gasteiger partial charge in [-0.15, -0.1) is 0 Å². The van der Waals surface area contributed by atoms with Crippen molar-refractivity contribution < 1.29 is 5.11 Å². The second-order valence-corrected chi connectivity index (χ2v) is 1.41. The molecule has 1 aromatic heterocycles. The van der Waals surface area contributed by atoms with Crippen LogP contribution in [0.5, 0.6) is 0 Å². The fourth-order valence-corrected chi connectivity index (χ4v) is 0.457. The molecule has 2 N–H and O–H groups in total. The summed E-state index contributed by atoms with van der Waals surface area (Å²) < 4.78 is 0. The van der Waals surface area contributed by atoms with Gasteiger partial charge in [0.1, 0.15) is 12.2 Å². The molecule has 44 valence electrons. The molecule has 0 aliphatic rings. The van der Waals surface area contributed by atoms with Gasteiger partial charge in [0.05, 0.1) is 6.61 Å². The van der Waals surface area contributed by atoms with Crippen molar-refractivity contribution in [3.63, 3.8) is 0 Å². The Labute approximate surface area is 46.6 Å². The van der Waals surface area contributed by atoms with Crippen LogP contribution in [0.25, 0.3) is 0 Å². The van der Waals surface area contributed by atoms with Crippen LogP contribution in [0.2, 0.25) is 0 Å². The van der Waals surface area contributed by atoms with Crippen molar-refractivity contribution in [3.8, 4) is 0 Å². The number of aliphatic hydroxyl groups is 1. The third-order valence-electron chi connectivity index (χ3n) is 0.814. The highest BCUT2D eigenvalue weighted by Crippen LogP contribution is 1.83. The molecule has 1 heterocycles. The first-order valence-electron chi connectivity index (χ1n) is 2.38. The number of aromatic amines is 1. The number of hydrogen-bond donors (Lipinski definition) is 2. The highest BCUT2D eigenvalue weighted by Gasteiger charge is 1.89. The number of aromatic nitrogens is 3. The van der Waals surface area contributed by atoms with Crippen molar-refractivity contribution in [1.29, 1.82) is 0 Å². The van der Waals surface area contributed by atoms with Gasteiger partial charge in [0, 0.05) is 6.42 Å². The Bertz CT molecular complexity index is 137. The van der Waals surface area contributed by atoms with E-state index in [1.807, 2.05) is 0 Å². The van der Waals surface area contributed by atoms with Gasteiger partial charge >= 0.3 is 0 Å². The Morgan fingerprint density at radius 3 is 3.12 bits per heavy atom. The highest BCUT2D eigenvalue weighted by atomic mass is 16.3. The van der Waals surface area contributed by atoms with E-state index >= 15 is 0 Å². The molecule has 1 rings (SSSR count). The highest BCUT2D eigenvalue weighted by molar-refractivity contribution is 4.78. The largest absolute Gasteiger partial charge is 0.396 e. The summed E-state index contributed by atoms with van der Waals surface area (Å²) in [6.45, 7) is 0.120. The summed E-state index contributed by atoms with van der Waals surface area (Å²) >= 11 is 0. The topological polar surface area (TPSA) is 61.8 Å². The quantitative estimate of drug-likeness (QED) is 0.535. The van der Waals surface area contributed by atoms with Crippen molar-refractivity contribution in [2.75, 3.05) is 6.61 Å². The normalized spacial score (nSPS) is 9.62. The minimum absolute atomic E-state index is 0.120. The van der Waals surface area contributed by atoms with Gasteiger partial charge in [-0.25, -0.2) is 4.98 Å². The molecule has 0 aromatic carbocycles. The number of nitrogens with zero attached hydrogens (tertiary/aromatic N) is 2. The van der Waals surface area contributed by atoms with Gasteiger partial charge < -0.3 is 5.11 Å². The van der Waals surface area contributed by atoms with E-state index in [1.165, 1.54) is 6.33 Å². The van der Waals surface area contributed by atoms with Crippen molar-refractivity contribution in [2.24, 2.45) is 0 Å². The average molecular weight is 113 g/mol. The maximum Gasteiger partial charge on any atom is 0.137 e. The van der Waals surface area contributed by atoms with E-state index in [2.05, 4.69) is 15.2 Å². The van der Waals surface area contributed by atoms with Crippen molar-refractivity contribution in [2.45, 2.75) is 6.42 Å². The molecule has 0 fully saturated rings. The molecule has 0 saturated heterocycles. The van der Waals surface area contributed by atoms with Crippen LogP contribution >= 0.6 is 0 Å². The molecule has 0 saturated carbocycles. The summed E-state index contributed by atoms with van der Waals surface area (Å²) in [6, 6.07) is 0. The first-order chi connectivity index (χ1) is 3.93. The Hall–Kier alpha value is -0.900. The first kappa shape index (κ1) is 5.24. The molecular weight excluding hydrogens is 106 g/mol. The predicted molar refractivity (Wildman–Crippen MR) is 27.2 cm³/mol. The van der Waals surface area contributed by atoms with E-state index in [0.29, 0.717) is 6.42 Å². The summed E-state index contributed by atoms with van der Waals surface area (Å²) in [5.41, 5.74) is 0. The lowest BCUT2D eigenvalue weighted by atomic mass is 10.4. The monoisotopic (exact) mass is 113 g/mol. The molecule has 0 unspecified atom stereocenters. The van der Waals surface area contributed by atoms with Gasteiger partial charge in [0.2, 0.25) is 0 Å². The van der Waals surface area contributed by atoms with Crippen LogP contribution in [0.15, 0.2) is 6.33 Å². The minimum atomic E-state index is 0.120. The molecule has 0 radical (unpaired) electrons. The van der Waals surface area contributed by atoms with Crippen LogP contribution in [-0.2, 0) is 6.42 Å². The van der Waals surface area contributed by atoms with Crippen LogP contribution < -0.4 is 0 Å². The third-order valence-corrected chi connectivity index (χ3v) is 0.814. The van der Waals surface area contributed by atoms with Gasteiger partial charge in [-0.05, 0) is 0 Å². The van der Waals surface area contributed by atoms with Gasteiger partial charge in [0.25, 0.3) is 0 Å². The van der Waals surface area contributed by atoms with E-state index in [4.69, 9.17) is 5.11 Å². The van der Waals surface area contributed by atoms with Crippen molar-refractivity contribution in [1.82, 2.24) is 15.2 Å². The lowest BCUT2D eigenvalue weighted by Gasteiger charge is -1.84. The molecule has 0 aliphatic heterocycles. The fraction of sp³-hybridized carbons (Fsp3) is 0.500. The maximum absolute atomic E-state index is 8.35. The van der Waals surface area contributed by atoms with Crippen LogP contribution in [0.3, 0.4) is 0 Å². The lowest BCUT2D eigenvalue weighted by Crippen LogP contribution is -1.91. The summed E-state index contributed by atoms with van der Waals surface area (Å²) in [6.07, 6.45) is 1.98. The first-order valence-corrected chi connectivity index (χ1v) is 2.38. The number of hydrogen-bond acceptors (Lipinski definition) is 3. The second-order valence-electron chi connectivity index (χ2n) is 1.41. The smallest absolute Gasteiger partial charge is 0.137 e. The predicted octanol–water partition coefficient (Wildman–Crippen LogP) is -0.661. The Balaban J connectivity index is 2.50. The molecule has 1 aromatic rings. The zero-order valence-electron chi connectivity index (χ0n) is 4.33. The molecule has 0 atom stereocenters. The van der Waals surface area contributed by atoms with E-state index in [0.717, 1.165) is 5.82 Å². The number of aliphatic hydroxyl groups excluding tert-OH is 1. The zero-order chi connectivity index (χ0) is 5.82.